The molecule has 0 fully saturated rings. The minimum atomic E-state index is -0.499. The van der Waals surface area contributed by atoms with Gasteiger partial charge in [0.05, 0.1) is 13.2 Å². The number of aromatic nitrogens is 1. The molecule has 0 aliphatic heterocycles. The molecular formula is C10H14N2O3. The van der Waals surface area contributed by atoms with Crippen LogP contribution in [-0.4, -0.2) is 23.5 Å². The highest BCUT2D eigenvalue weighted by atomic mass is 16.5. The van der Waals surface area contributed by atoms with E-state index in [-0.39, 0.29) is 12.3 Å². The largest absolute Gasteiger partial charge is 0.466 e. The average molecular weight is 210 g/mol. The number of rotatable bonds is 5. The topological polar surface area (TPSA) is 71.2 Å². The zero-order valence-corrected chi connectivity index (χ0v) is 8.58. The molecule has 0 radical (unpaired) electrons. The number of ether oxygens (including phenoxy) is 1. The van der Waals surface area contributed by atoms with Crippen LogP contribution in [0.2, 0.25) is 0 Å². The number of carbonyl (C=O) groups is 2. The molecule has 1 heterocycles. The van der Waals surface area contributed by atoms with Crippen LogP contribution in [0.5, 0.6) is 0 Å². The molecule has 0 saturated carbocycles. The van der Waals surface area contributed by atoms with Crippen molar-refractivity contribution in [1.29, 1.82) is 0 Å². The van der Waals surface area contributed by atoms with E-state index in [2.05, 4.69) is 15.0 Å². The molecule has 0 aromatic carbocycles. The van der Waals surface area contributed by atoms with Crippen molar-refractivity contribution in [3.8, 4) is 0 Å². The van der Waals surface area contributed by atoms with E-state index < -0.39 is 5.97 Å². The van der Waals surface area contributed by atoms with Crippen LogP contribution in [0.4, 0.5) is 0 Å². The van der Waals surface area contributed by atoms with Crippen LogP contribution in [0.1, 0.15) is 19.0 Å². The highest BCUT2D eigenvalue weighted by molar-refractivity contribution is 5.94. The Labute approximate surface area is 87.8 Å². The number of esters is 1. The summed E-state index contributed by atoms with van der Waals surface area (Å²) in [5.74, 6) is -0.829. The van der Waals surface area contributed by atoms with E-state index in [1.165, 1.54) is 0 Å². The van der Waals surface area contributed by atoms with Gasteiger partial charge < -0.3 is 15.0 Å². The second kappa shape index (κ2) is 5.85. The van der Waals surface area contributed by atoms with Crippen molar-refractivity contribution < 1.29 is 14.3 Å². The number of carbonyl (C=O) groups excluding carboxylic acids is 2. The van der Waals surface area contributed by atoms with Gasteiger partial charge in [-0.2, -0.15) is 0 Å². The first kappa shape index (κ1) is 11.3. The van der Waals surface area contributed by atoms with E-state index in [9.17, 15) is 9.59 Å². The van der Waals surface area contributed by atoms with Gasteiger partial charge in [-0.05, 0) is 19.1 Å². The zero-order chi connectivity index (χ0) is 11.1. The summed E-state index contributed by atoms with van der Waals surface area (Å²) < 4.78 is 4.64. The number of hydrogen-bond acceptors (Lipinski definition) is 3. The van der Waals surface area contributed by atoms with Gasteiger partial charge in [0.25, 0.3) is 0 Å². The van der Waals surface area contributed by atoms with Crippen molar-refractivity contribution in [2.45, 2.75) is 19.9 Å². The van der Waals surface area contributed by atoms with Crippen molar-refractivity contribution in [3.05, 3.63) is 24.0 Å². The maximum atomic E-state index is 11.2. The van der Waals surface area contributed by atoms with Crippen LogP contribution in [0.15, 0.2) is 18.3 Å². The highest BCUT2D eigenvalue weighted by Gasteiger charge is 2.09. The van der Waals surface area contributed by atoms with E-state index in [1.807, 2.05) is 12.1 Å². The molecule has 0 aliphatic carbocycles. The lowest BCUT2D eigenvalue weighted by Crippen LogP contribution is -2.26. The lowest BCUT2D eigenvalue weighted by molar-refractivity contribution is -0.146. The predicted molar refractivity (Wildman–Crippen MR) is 53.9 cm³/mol. The monoisotopic (exact) mass is 210 g/mol. The number of hydrogen-bond donors (Lipinski definition) is 2. The number of amides is 1. The van der Waals surface area contributed by atoms with Gasteiger partial charge in [-0.15, -0.1) is 0 Å². The normalized spacial score (nSPS) is 9.67. The molecule has 0 saturated heterocycles. The summed E-state index contributed by atoms with van der Waals surface area (Å²) in [6.07, 6.45) is 1.54. The Morgan fingerprint density at radius 1 is 1.53 bits per heavy atom. The molecule has 0 spiro atoms. The van der Waals surface area contributed by atoms with Crippen LogP contribution in [0, 0.1) is 0 Å². The first-order chi connectivity index (χ1) is 7.22. The van der Waals surface area contributed by atoms with Crippen molar-refractivity contribution in [3.63, 3.8) is 0 Å². The van der Waals surface area contributed by atoms with E-state index in [1.54, 1.807) is 13.1 Å². The third-order valence-electron chi connectivity index (χ3n) is 1.75. The van der Waals surface area contributed by atoms with Crippen molar-refractivity contribution in [1.82, 2.24) is 10.3 Å². The molecule has 1 amide bonds. The first-order valence-electron chi connectivity index (χ1n) is 4.77. The van der Waals surface area contributed by atoms with E-state index in [0.717, 1.165) is 5.69 Å². The third kappa shape index (κ3) is 4.30. The fourth-order valence-corrected chi connectivity index (χ4v) is 1.08. The van der Waals surface area contributed by atoms with Crippen LogP contribution < -0.4 is 5.32 Å². The van der Waals surface area contributed by atoms with Crippen molar-refractivity contribution in [2.24, 2.45) is 0 Å². The maximum Gasteiger partial charge on any atom is 0.315 e. The fraction of sp³-hybridized carbons (Fsp3) is 0.400. The summed E-state index contributed by atoms with van der Waals surface area (Å²) in [7, 11) is 0. The van der Waals surface area contributed by atoms with Gasteiger partial charge in [-0.3, -0.25) is 9.59 Å². The lowest BCUT2D eigenvalue weighted by Gasteiger charge is -2.03. The van der Waals surface area contributed by atoms with E-state index in [0.29, 0.717) is 13.2 Å². The molecule has 0 bridgehead atoms. The Morgan fingerprint density at radius 3 is 2.93 bits per heavy atom. The van der Waals surface area contributed by atoms with Crippen LogP contribution in [-0.2, 0) is 20.9 Å². The predicted octanol–water partition coefficient (Wildman–Crippen LogP) is 0.584. The maximum absolute atomic E-state index is 11.2. The van der Waals surface area contributed by atoms with Gasteiger partial charge in [0.2, 0.25) is 5.91 Å². The van der Waals surface area contributed by atoms with Gasteiger partial charge in [0.15, 0.2) is 0 Å². The summed E-state index contributed by atoms with van der Waals surface area (Å²) in [6.45, 7) is 2.39. The second-order valence-corrected chi connectivity index (χ2v) is 2.95. The molecule has 82 valence electrons. The molecule has 5 heteroatoms. The molecule has 5 nitrogen and oxygen atoms in total. The Morgan fingerprint density at radius 2 is 2.33 bits per heavy atom. The Kier molecular flexibility index (Phi) is 4.40. The van der Waals surface area contributed by atoms with Gasteiger partial charge in [0, 0.05) is 11.9 Å². The number of nitrogens with one attached hydrogen (secondary N) is 2. The smallest absolute Gasteiger partial charge is 0.315 e. The molecule has 15 heavy (non-hydrogen) atoms. The molecule has 1 aromatic heterocycles. The van der Waals surface area contributed by atoms with Gasteiger partial charge in [0.1, 0.15) is 6.42 Å². The second-order valence-electron chi connectivity index (χ2n) is 2.95. The van der Waals surface area contributed by atoms with Gasteiger partial charge in [-0.1, -0.05) is 0 Å². The standard InChI is InChI=1S/C10H14N2O3/c1-2-15-10(14)6-9(13)12-7-8-4-3-5-11-8/h3-5,11H,2,6-7H2,1H3,(H,12,13). The summed E-state index contributed by atoms with van der Waals surface area (Å²) in [5.41, 5.74) is 0.896. The fourth-order valence-electron chi connectivity index (χ4n) is 1.08. The Hall–Kier alpha value is -1.78. The van der Waals surface area contributed by atoms with Gasteiger partial charge in [-0.25, -0.2) is 0 Å². The number of aromatic amines is 1. The van der Waals surface area contributed by atoms with Crippen molar-refractivity contribution >= 4 is 11.9 Å². The highest BCUT2D eigenvalue weighted by Crippen LogP contribution is 1.94. The summed E-state index contributed by atoms with van der Waals surface area (Å²) in [5, 5.41) is 2.60. The summed E-state index contributed by atoms with van der Waals surface area (Å²) >= 11 is 0. The van der Waals surface area contributed by atoms with Crippen molar-refractivity contribution in [2.75, 3.05) is 6.61 Å². The third-order valence-corrected chi connectivity index (χ3v) is 1.75. The molecule has 0 atom stereocenters. The lowest BCUT2D eigenvalue weighted by atomic mass is 10.3. The van der Waals surface area contributed by atoms with E-state index >= 15 is 0 Å². The summed E-state index contributed by atoms with van der Waals surface area (Å²) in [6, 6.07) is 3.69. The molecule has 1 aromatic rings. The van der Waals surface area contributed by atoms with Crippen LogP contribution in [0.25, 0.3) is 0 Å². The quantitative estimate of drug-likeness (QED) is 0.551. The minimum absolute atomic E-state index is 0.228. The Balaban J connectivity index is 2.22. The molecule has 1 rings (SSSR count). The minimum Gasteiger partial charge on any atom is -0.466 e. The van der Waals surface area contributed by atoms with Crippen LogP contribution in [0.3, 0.4) is 0 Å². The average Bonchev–Trinajstić information content (AvgIpc) is 2.67. The molecule has 2 N–H and O–H groups in total. The molecular weight excluding hydrogens is 196 g/mol. The molecule has 0 aliphatic rings. The number of H-pyrrole nitrogens is 1. The molecule has 0 unspecified atom stereocenters. The Bertz CT molecular complexity index is 319. The SMILES string of the molecule is CCOC(=O)CC(=O)NCc1ccc[nH]1. The van der Waals surface area contributed by atoms with Crippen LogP contribution >= 0.6 is 0 Å². The zero-order valence-electron chi connectivity index (χ0n) is 8.58. The van der Waals surface area contributed by atoms with Gasteiger partial charge >= 0.3 is 5.97 Å². The van der Waals surface area contributed by atoms with E-state index in [4.69, 9.17) is 0 Å². The summed E-state index contributed by atoms with van der Waals surface area (Å²) in [4.78, 5) is 25.1. The first-order valence-corrected chi connectivity index (χ1v) is 4.77.